The Kier molecular flexibility index (Phi) is 10.5. The molecule has 0 aliphatic rings. The molecule has 1 N–H and O–H groups in total. The molecule has 2 amide bonds. The monoisotopic (exact) mass is 473 g/mol. The highest BCUT2D eigenvalue weighted by molar-refractivity contribution is 7.09. The fourth-order valence-electron chi connectivity index (χ4n) is 2.62. The second-order valence-corrected chi connectivity index (χ2v) is 8.19. The number of ether oxygens (including phenoxy) is 2. The molecule has 0 unspecified atom stereocenters. The maximum atomic E-state index is 13.0. The minimum atomic E-state index is -0.240. The molecule has 1 heterocycles. The van der Waals surface area contributed by atoms with Gasteiger partial charge in [-0.1, -0.05) is 23.2 Å². The number of amides is 2. The number of benzene rings is 1. The lowest BCUT2D eigenvalue weighted by atomic mass is 10.2. The van der Waals surface area contributed by atoms with Crippen LogP contribution < -0.4 is 5.32 Å². The van der Waals surface area contributed by atoms with Crippen molar-refractivity contribution in [1.29, 1.82) is 0 Å². The van der Waals surface area contributed by atoms with E-state index in [-0.39, 0.29) is 18.4 Å². The summed E-state index contributed by atoms with van der Waals surface area (Å²) in [6.45, 7) is 2.38. The van der Waals surface area contributed by atoms with E-state index in [0.29, 0.717) is 59.0 Å². The van der Waals surface area contributed by atoms with Crippen molar-refractivity contribution in [2.75, 3.05) is 40.5 Å². The first-order chi connectivity index (χ1) is 14.5. The molecule has 0 aliphatic carbocycles. The second-order valence-electron chi connectivity index (χ2n) is 6.43. The van der Waals surface area contributed by atoms with E-state index in [4.69, 9.17) is 32.7 Å². The summed E-state index contributed by atoms with van der Waals surface area (Å²) in [5, 5.41) is 5.87. The number of hydrogen-bond acceptors (Lipinski definition) is 6. The molecule has 2 rings (SSSR count). The molecule has 10 heteroatoms. The van der Waals surface area contributed by atoms with Gasteiger partial charge in [0, 0.05) is 51.5 Å². The first-order valence-corrected chi connectivity index (χ1v) is 11.0. The Hall–Kier alpha value is -1.71. The highest BCUT2D eigenvalue weighted by atomic mass is 35.5. The lowest BCUT2D eigenvalue weighted by Crippen LogP contribution is -2.32. The molecule has 0 atom stereocenters. The quantitative estimate of drug-likeness (QED) is 0.472. The Morgan fingerprint density at radius 1 is 1.13 bits per heavy atom. The maximum absolute atomic E-state index is 13.0. The van der Waals surface area contributed by atoms with Crippen LogP contribution in [0.15, 0.2) is 23.6 Å². The molecular formula is C20H25Cl2N3O4S. The van der Waals surface area contributed by atoms with Crippen LogP contribution >= 0.6 is 34.5 Å². The van der Waals surface area contributed by atoms with Gasteiger partial charge in [0.15, 0.2) is 0 Å². The average Bonchev–Trinajstić information content (AvgIpc) is 3.20. The van der Waals surface area contributed by atoms with Crippen molar-refractivity contribution in [2.45, 2.75) is 19.4 Å². The van der Waals surface area contributed by atoms with Gasteiger partial charge in [-0.3, -0.25) is 9.59 Å². The van der Waals surface area contributed by atoms with Crippen molar-refractivity contribution >= 4 is 46.4 Å². The summed E-state index contributed by atoms with van der Waals surface area (Å²) in [7, 11) is 3.23. The number of halogens is 2. The molecule has 7 nitrogen and oxygen atoms in total. The molecule has 1 aromatic carbocycles. The number of carbonyl (C=O) groups excluding carboxylic acids is 2. The zero-order valence-corrected chi connectivity index (χ0v) is 19.3. The van der Waals surface area contributed by atoms with Crippen LogP contribution in [0.25, 0.3) is 0 Å². The molecule has 164 valence electrons. The fraction of sp³-hybridized carbons (Fsp3) is 0.450. The van der Waals surface area contributed by atoms with Crippen molar-refractivity contribution in [3.63, 3.8) is 0 Å². The van der Waals surface area contributed by atoms with Crippen LogP contribution in [0.3, 0.4) is 0 Å². The van der Waals surface area contributed by atoms with Crippen LogP contribution in [0.2, 0.25) is 10.0 Å². The maximum Gasteiger partial charge on any atom is 0.270 e. The number of rotatable bonds is 12. The molecule has 0 radical (unpaired) electrons. The summed E-state index contributed by atoms with van der Waals surface area (Å²) in [4.78, 5) is 31.3. The largest absolute Gasteiger partial charge is 0.385 e. The highest BCUT2D eigenvalue weighted by Gasteiger charge is 2.19. The van der Waals surface area contributed by atoms with Crippen molar-refractivity contribution in [2.24, 2.45) is 0 Å². The molecule has 0 bridgehead atoms. The lowest BCUT2D eigenvalue weighted by molar-refractivity contribution is 0.0723. The summed E-state index contributed by atoms with van der Waals surface area (Å²) in [6, 6.07) is 4.79. The van der Waals surface area contributed by atoms with Gasteiger partial charge in [-0.25, -0.2) is 4.98 Å². The fourth-order valence-corrected chi connectivity index (χ4v) is 3.71. The number of hydrogen-bond donors (Lipinski definition) is 1. The van der Waals surface area contributed by atoms with Gasteiger partial charge >= 0.3 is 0 Å². The summed E-state index contributed by atoms with van der Waals surface area (Å²) in [5.41, 5.74) is 0.778. The predicted octanol–water partition coefficient (Wildman–Crippen LogP) is 3.90. The molecule has 0 saturated heterocycles. The second kappa shape index (κ2) is 12.9. The third-order valence-electron chi connectivity index (χ3n) is 4.15. The van der Waals surface area contributed by atoms with Crippen LogP contribution in [0.4, 0.5) is 0 Å². The summed E-state index contributed by atoms with van der Waals surface area (Å²) in [6.07, 6.45) is 1.40. The number of nitrogens with one attached hydrogen (secondary N) is 1. The molecule has 0 aliphatic heterocycles. The van der Waals surface area contributed by atoms with E-state index in [1.165, 1.54) is 11.3 Å². The van der Waals surface area contributed by atoms with E-state index in [1.54, 1.807) is 42.7 Å². The van der Waals surface area contributed by atoms with Crippen molar-refractivity contribution in [3.05, 3.63) is 49.9 Å². The smallest absolute Gasteiger partial charge is 0.270 e. The minimum absolute atomic E-state index is 0.189. The van der Waals surface area contributed by atoms with E-state index in [0.717, 1.165) is 6.42 Å². The van der Waals surface area contributed by atoms with Crippen molar-refractivity contribution in [1.82, 2.24) is 15.2 Å². The minimum Gasteiger partial charge on any atom is -0.385 e. The topological polar surface area (TPSA) is 80.8 Å². The van der Waals surface area contributed by atoms with Crippen LogP contribution in [0.1, 0.15) is 38.7 Å². The van der Waals surface area contributed by atoms with Gasteiger partial charge in [0.1, 0.15) is 10.7 Å². The molecule has 0 saturated carbocycles. The molecule has 0 fully saturated rings. The summed E-state index contributed by atoms with van der Waals surface area (Å²) >= 11 is 13.4. The van der Waals surface area contributed by atoms with E-state index >= 15 is 0 Å². The van der Waals surface area contributed by atoms with Gasteiger partial charge < -0.3 is 19.7 Å². The van der Waals surface area contributed by atoms with E-state index in [2.05, 4.69) is 10.3 Å². The van der Waals surface area contributed by atoms with Gasteiger partial charge in [-0.05, 0) is 31.0 Å². The number of methoxy groups -OCH3 is 2. The Labute approximate surface area is 190 Å². The van der Waals surface area contributed by atoms with Crippen LogP contribution in [0.5, 0.6) is 0 Å². The molecular weight excluding hydrogens is 449 g/mol. The van der Waals surface area contributed by atoms with Crippen molar-refractivity contribution in [3.8, 4) is 0 Å². The standard InChI is InChI=1S/C20H25Cl2N3O4S/c1-28-9-3-7-23-19(26)17-13-30-18(24-17)12-25(8-4-10-29-2)20(27)14-5-6-15(21)16(22)11-14/h5-6,11,13H,3-4,7-10,12H2,1-2H3,(H,23,26). The lowest BCUT2D eigenvalue weighted by Gasteiger charge is -2.22. The zero-order chi connectivity index (χ0) is 21.9. The average molecular weight is 474 g/mol. The SMILES string of the molecule is COCCCNC(=O)c1csc(CN(CCCOC)C(=O)c2ccc(Cl)c(Cl)c2)n1. The van der Waals surface area contributed by atoms with Crippen LogP contribution in [-0.2, 0) is 16.0 Å². The molecule has 2 aromatic rings. The summed E-state index contributed by atoms with van der Waals surface area (Å²) < 4.78 is 10.1. The number of nitrogens with zero attached hydrogens (tertiary/aromatic N) is 2. The third kappa shape index (κ3) is 7.52. The number of carbonyl (C=O) groups is 2. The van der Waals surface area contributed by atoms with Crippen molar-refractivity contribution < 1.29 is 19.1 Å². The normalized spacial score (nSPS) is 10.8. The highest BCUT2D eigenvalue weighted by Crippen LogP contribution is 2.24. The number of aromatic nitrogens is 1. The first-order valence-electron chi connectivity index (χ1n) is 9.41. The zero-order valence-electron chi connectivity index (χ0n) is 17.0. The van der Waals surface area contributed by atoms with Crippen LogP contribution in [-0.4, -0.2) is 62.2 Å². The third-order valence-corrected chi connectivity index (χ3v) is 5.72. The van der Waals surface area contributed by atoms with Gasteiger partial charge in [0.2, 0.25) is 0 Å². The Morgan fingerprint density at radius 3 is 2.57 bits per heavy atom. The first kappa shape index (κ1) is 24.6. The van der Waals surface area contributed by atoms with Gasteiger partial charge in [0.05, 0.1) is 16.6 Å². The Morgan fingerprint density at radius 2 is 1.87 bits per heavy atom. The molecule has 30 heavy (non-hydrogen) atoms. The Bertz CT molecular complexity index is 847. The van der Waals surface area contributed by atoms with E-state index in [9.17, 15) is 9.59 Å². The Balaban J connectivity index is 2.07. The molecule has 0 spiro atoms. The van der Waals surface area contributed by atoms with Gasteiger partial charge in [-0.2, -0.15) is 0 Å². The molecule has 1 aromatic heterocycles. The van der Waals surface area contributed by atoms with Crippen LogP contribution in [0, 0.1) is 0 Å². The van der Waals surface area contributed by atoms with E-state index in [1.807, 2.05) is 0 Å². The van der Waals surface area contributed by atoms with Gasteiger partial charge in [-0.15, -0.1) is 11.3 Å². The number of thiazole rings is 1. The summed E-state index contributed by atoms with van der Waals surface area (Å²) in [5.74, 6) is -0.430. The van der Waals surface area contributed by atoms with Gasteiger partial charge in [0.25, 0.3) is 11.8 Å². The predicted molar refractivity (Wildman–Crippen MR) is 119 cm³/mol. The van der Waals surface area contributed by atoms with E-state index < -0.39 is 0 Å².